The first-order valence-corrected chi connectivity index (χ1v) is 12.4. The van der Waals surface area contributed by atoms with E-state index in [0.29, 0.717) is 17.6 Å². The number of rotatable bonds is 4. The van der Waals surface area contributed by atoms with Gasteiger partial charge in [0, 0.05) is 64.1 Å². The molecule has 0 spiro atoms. The minimum atomic E-state index is -0.0732. The smallest absolute Gasteiger partial charge is 0.322 e. The lowest BCUT2D eigenvalue weighted by atomic mass is 10.2. The van der Waals surface area contributed by atoms with Crippen LogP contribution in [0.25, 0.3) is 0 Å². The van der Waals surface area contributed by atoms with Gasteiger partial charge in [-0.05, 0) is 51.5 Å². The van der Waals surface area contributed by atoms with Crippen molar-refractivity contribution in [3.05, 3.63) is 53.1 Å². The van der Waals surface area contributed by atoms with Gasteiger partial charge in [-0.3, -0.25) is 4.90 Å². The third kappa shape index (κ3) is 5.74. The SMILES string of the molecule is Cc1ccc(N2CCCN(C(=O)Nc3c(Cl)cccc3N3CCN(C(C)C)CC3)CC2)cc1. The molecule has 0 saturated carbocycles. The summed E-state index contributed by atoms with van der Waals surface area (Å²) in [4.78, 5) is 22.3. The van der Waals surface area contributed by atoms with Crippen LogP contribution >= 0.6 is 11.6 Å². The molecular weight excluding hydrogens is 434 g/mol. The predicted octanol–water partition coefficient (Wildman–Crippen LogP) is 4.92. The topological polar surface area (TPSA) is 42.1 Å². The molecule has 1 N–H and O–H groups in total. The Morgan fingerprint density at radius 3 is 2.27 bits per heavy atom. The monoisotopic (exact) mass is 469 g/mol. The standard InChI is InChI=1S/C26H36ClN5O/c1-20(2)29-14-17-31(18-15-29)24-7-4-6-23(27)25(24)28-26(33)32-13-5-12-30(16-19-32)22-10-8-21(3)9-11-22/h4,6-11,20H,5,12-19H2,1-3H3,(H,28,33). The zero-order chi connectivity index (χ0) is 23.4. The Kier molecular flexibility index (Phi) is 7.66. The number of carbonyl (C=O) groups is 1. The first-order valence-electron chi connectivity index (χ1n) is 12.1. The molecule has 2 aromatic rings. The van der Waals surface area contributed by atoms with E-state index in [-0.39, 0.29) is 6.03 Å². The number of hydrogen-bond donors (Lipinski definition) is 1. The lowest BCUT2D eigenvalue weighted by molar-refractivity contribution is 0.209. The van der Waals surface area contributed by atoms with Gasteiger partial charge < -0.3 is 20.0 Å². The number of hydrogen-bond acceptors (Lipinski definition) is 4. The average Bonchev–Trinajstić information content (AvgIpc) is 3.07. The molecule has 0 unspecified atom stereocenters. The summed E-state index contributed by atoms with van der Waals surface area (Å²) in [6.07, 6.45) is 0.938. The zero-order valence-corrected chi connectivity index (χ0v) is 20.8. The van der Waals surface area contributed by atoms with Crippen molar-refractivity contribution in [2.75, 3.05) is 67.5 Å². The fourth-order valence-corrected chi connectivity index (χ4v) is 4.92. The molecule has 0 aromatic heterocycles. The third-order valence-electron chi connectivity index (χ3n) is 6.79. The van der Waals surface area contributed by atoms with Crippen LogP contribution in [0.1, 0.15) is 25.8 Å². The lowest BCUT2D eigenvalue weighted by Crippen LogP contribution is -2.49. The van der Waals surface area contributed by atoms with Gasteiger partial charge in [0.1, 0.15) is 0 Å². The van der Waals surface area contributed by atoms with Crippen LogP contribution in [0.15, 0.2) is 42.5 Å². The molecule has 33 heavy (non-hydrogen) atoms. The van der Waals surface area contributed by atoms with Crippen LogP contribution < -0.4 is 15.1 Å². The van der Waals surface area contributed by atoms with Crippen molar-refractivity contribution in [3.8, 4) is 0 Å². The van der Waals surface area contributed by atoms with E-state index in [0.717, 1.165) is 63.6 Å². The second-order valence-electron chi connectivity index (χ2n) is 9.34. The number of piperazine rings is 1. The number of amides is 2. The molecule has 2 aliphatic heterocycles. The molecule has 2 aliphatic rings. The molecule has 0 radical (unpaired) electrons. The molecule has 2 aromatic carbocycles. The van der Waals surface area contributed by atoms with Crippen molar-refractivity contribution in [3.63, 3.8) is 0 Å². The fraction of sp³-hybridized carbons (Fsp3) is 0.500. The highest BCUT2D eigenvalue weighted by Gasteiger charge is 2.24. The lowest BCUT2D eigenvalue weighted by Gasteiger charge is -2.39. The highest BCUT2D eigenvalue weighted by molar-refractivity contribution is 6.34. The summed E-state index contributed by atoms with van der Waals surface area (Å²) in [7, 11) is 0. The number of carbonyl (C=O) groups excluding carboxylic acids is 1. The van der Waals surface area contributed by atoms with E-state index in [1.807, 2.05) is 17.0 Å². The van der Waals surface area contributed by atoms with Gasteiger partial charge in [0.2, 0.25) is 0 Å². The molecule has 6 nitrogen and oxygen atoms in total. The highest BCUT2D eigenvalue weighted by Crippen LogP contribution is 2.34. The Balaban J connectivity index is 1.42. The Morgan fingerprint density at radius 1 is 0.879 bits per heavy atom. The summed E-state index contributed by atoms with van der Waals surface area (Å²) in [5.74, 6) is 0. The largest absolute Gasteiger partial charge is 0.370 e. The number of nitrogens with zero attached hydrogens (tertiary/aromatic N) is 4. The van der Waals surface area contributed by atoms with Crippen LogP contribution in [0, 0.1) is 6.92 Å². The van der Waals surface area contributed by atoms with Crippen LogP contribution in [0.3, 0.4) is 0 Å². The maximum absolute atomic E-state index is 13.2. The predicted molar refractivity (Wildman–Crippen MR) is 139 cm³/mol. The van der Waals surface area contributed by atoms with Crippen LogP contribution in [0.4, 0.5) is 21.9 Å². The molecule has 4 rings (SSSR count). The third-order valence-corrected chi connectivity index (χ3v) is 7.11. The summed E-state index contributed by atoms with van der Waals surface area (Å²) in [6.45, 7) is 13.7. The quantitative estimate of drug-likeness (QED) is 0.689. The van der Waals surface area contributed by atoms with Gasteiger partial charge in [-0.15, -0.1) is 0 Å². The van der Waals surface area contributed by atoms with Crippen molar-refractivity contribution in [2.24, 2.45) is 0 Å². The Bertz CT molecular complexity index is 940. The van der Waals surface area contributed by atoms with Crippen molar-refractivity contribution in [1.29, 1.82) is 0 Å². The van der Waals surface area contributed by atoms with Gasteiger partial charge in [0.05, 0.1) is 16.4 Å². The molecule has 2 fully saturated rings. The Morgan fingerprint density at radius 2 is 1.58 bits per heavy atom. The number of nitrogens with one attached hydrogen (secondary N) is 1. The molecule has 0 bridgehead atoms. The van der Waals surface area contributed by atoms with Crippen molar-refractivity contribution in [2.45, 2.75) is 33.2 Å². The first kappa shape index (κ1) is 23.7. The number of benzene rings is 2. The highest BCUT2D eigenvalue weighted by atomic mass is 35.5. The van der Waals surface area contributed by atoms with E-state index in [9.17, 15) is 4.79 Å². The maximum atomic E-state index is 13.2. The average molecular weight is 470 g/mol. The normalized spacial score (nSPS) is 17.9. The molecule has 2 saturated heterocycles. The Hall–Kier alpha value is -2.44. The van der Waals surface area contributed by atoms with Crippen LogP contribution in [-0.2, 0) is 0 Å². The zero-order valence-electron chi connectivity index (χ0n) is 20.1. The van der Waals surface area contributed by atoms with Gasteiger partial charge in [-0.25, -0.2) is 4.79 Å². The van der Waals surface area contributed by atoms with E-state index in [2.05, 4.69) is 71.1 Å². The second-order valence-corrected chi connectivity index (χ2v) is 9.75. The van der Waals surface area contributed by atoms with E-state index in [4.69, 9.17) is 11.6 Å². The number of halogens is 1. The van der Waals surface area contributed by atoms with E-state index in [1.54, 1.807) is 0 Å². The molecular formula is C26H36ClN5O. The maximum Gasteiger partial charge on any atom is 0.322 e. The summed E-state index contributed by atoms with van der Waals surface area (Å²) in [5, 5.41) is 3.74. The van der Waals surface area contributed by atoms with E-state index < -0.39 is 0 Å². The molecule has 0 aliphatic carbocycles. The number of aryl methyl sites for hydroxylation is 1. The summed E-state index contributed by atoms with van der Waals surface area (Å²) >= 11 is 6.58. The van der Waals surface area contributed by atoms with Crippen molar-refractivity contribution < 1.29 is 4.79 Å². The summed E-state index contributed by atoms with van der Waals surface area (Å²) in [6, 6.07) is 15.0. The Labute approximate surface area is 203 Å². The van der Waals surface area contributed by atoms with Gasteiger partial charge in [0.15, 0.2) is 0 Å². The summed E-state index contributed by atoms with van der Waals surface area (Å²) < 4.78 is 0. The molecule has 0 atom stereocenters. The van der Waals surface area contributed by atoms with Gasteiger partial charge in [0.25, 0.3) is 0 Å². The van der Waals surface area contributed by atoms with Crippen LogP contribution in [0.5, 0.6) is 0 Å². The van der Waals surface area contributed by atoms with Crippen molar-refractivity contribution >= 4 is 34.7 Å². The van der Waals surface area contributed by atoms with Gasteiger partial charge in [-0.1, -0.05) is 35.4 Å². The van der Waals surface area contributed by atoms with Gasteiger partial charge in [-0.2, -0.15) is 0 Å². The number of para-hydroxylation sites is 1. The van der Waals surface area contributed by atoms with E-state index >= 15 is 0 Å². The molecule has 2 heterocycles. The first-order chi connectivity index (χ1) is 15.9. The molecule has 178 valence electrons. The number of anilines is 3. The second kappa shape index (κ2) is 10.7. The summed E-state index contributed by atoms with van der Waals surface area (Å²) in [5.41, 5.74) is 4.21. The van der Waals surface area contributed by atoms with Crippen molar-refractivity contribution in [1.82, 2.24) is 9.80 Å². The minimum absolute atomic E-state index is 0.0732. The minimum Gasteiger partial charge on any atom is -0.370 e. The molecule has 7 heteroatoms. The van der Waals surface area contributed by atoms with Crippen LogP contribution in [-0.4, -0.2) is 74.2 Å². The number of urea groups is 1. The fourth-order valence-electron chi connectivity index (χ4n) is 4.70. The van der Waals surface area contributed by atoms with Crippen LogP contribution in [0.2, 0.25) is 5.02 Å². The molecule has 2 amide bonds. The van der Waals surface area contributed by atoms with Gasteiger partial charge >= 0.3 is 6.03 Å². The van der Waals surface area contributed by atoms with E-state index in [1.165, 1.54) is 11.3 Å².